The van der Waals surface area contributed by atoms with Gasteiger partial charge in [-0.25, -0.2) is 4.79 Å². The van der Waals surface area contributed by atoms with Crippen LogP contribution < -0.4 is 0 Å². The van der Waals surface area contributed by atoms with E-state index in [1.165, 1.54) is 38.5 Å². The van der Waals surface area contributed by atoms with Crippen LogP contribution in [-0.4, -0.2) is 30.6 Å². The summed E-state index contributed by atoms with van der Waals surface area (Å²) in [6.07, 6.45) is 17.0. The first-order valence-electron chi connectivity index (χ1n) is 16.8. The molecule has 0 amide bonds. The Kier molecular flexibility index (Phi) is 6.71. The van der Waals surface area contributed by atoms with Crippen molar-refractivity contribution in [3.63, 3.8) is 0 Å². The highest BCUT2D eigenvalue weighted by molar-refractivity contribution is 5.82. The summed E-state index contributed by atoms with van der Waals surface area (Å²) in [5.74, 6) is 1.10. The molecule has 1 saturated heterocycles. The third-order valence-corrected chi connectivity index (χ3v) is 14.5. The number of esters is 1. The molecule has 1 unspecified atom stereocenters. The van der Waals surface area contributed by atoms with Gasteiger partial charge in [0, 0.05) is 16.9 Å². The van der Waals surface area contributed by atoms with Crippen molar-refractivity contribution in [2.75, 3.05) is 6.61 Å². The summed E-state index contributed by atoms with van der Waals surface area (Å²) in [5.41, 5.74) is 2.66. The van der Waals surface area contributed by atoms with Gasteiger partial charge in [0.1, 0.15) is 6.10 Å². The molecule has 0 bridgehead atoms. The minimum atomic E-state index is -0.474. The molecule has 5 aliphatic carbocycles. The van der Waals surface area contributed by atoms with E-state index in [0.29, 0.717) is 23.9 Å². The molecule has 6 rings (SSSR count). The molecule has 1 aliphatic heterocycles. The summed E-state index contributed by atoms with van der Waals surface area (Å²) in [4.78, 5) is 12.7. The zero-order valence-corrected chi connectivity index (χ0v) is 27.8. The van der Waals surface area contributed by atoms with E-state index in [2.05, 4.69) is 68.4 Å². The fraction of sp³-hybridized carbons (Fsp3) is 0.865. The number of carbonyl (C=O) groups excluding carboxylic acids is 1. The van der Waals surface area contributed by atoms with Crippen molar-refractivity contribution in [1.29, 1.82) is 0 Å². The molecule has 0 aromatic rings. The fourth-order valence-corrected chi connectivity index (χ4v) is 12.0. The molecule has 41 heavy (non-hydrogen) atoms. The smallest absolute Gasteiger partial charge is 0.330 e. The standard InChI is InChI=1S/C37H58O4/c1-11-12-30(38)40-29-22-31(2,3)21-25-24-13-14-27-34(7)17-16-28-35(8,23-39-32(4,5)41-28)26(34)15-18-37(27,10)36(24,9)20-19-33(25,29)6/h11-13,25-29H,14-23H2,1-10H3/b12-11+/t25-,26?,27-,28+,29-,33-,34+,35+,36-,37-/m1/s1. The largest absolute Gasteiger partial charge is 0.459 e. The second kappa shape index (κ2) is 9.19. The number of rotatable bonds is 2. The van der Waals surface area contributed by atoms with Gasteiger partial charge < -0.3 is 14.2 Å². The van der Waals surface area contributed by atoms with Crippen LogP contribution in [0, 0.1) is 50.2 Å². The van der Waals surface area contributed by atoms with Crippen LogP contribution in [0.3, 0.4) is 0 Å². The Bertz CT molecular complexity index is 1150. The summed E-state index contributed by atoms with van der Waals surface area (Å²) in [5, 5.41) is 0. The lowest BCUT2D eigenvalue weighted by Crippen LogP contribution is -2.68. The van der Waals surface area contributed by atoms with E-state index < -0.39 is 5.79 Å². The first-order chi connectivity index (χ1) is 18.9. The summed E-state index contributed by atoms with van der Waals surface area (Å²) >= 11 is 0. The number of ether oxygens (including phenoxy) is 3. The summed E-state index contributed by atoms with van der Waals surface area (Å²) < 4.78 is 19.2. The highest BCUT2D eigenvalue weighted by atomic mass is 16.7. The van der Waals surface area contributed by atoms with Gasteiger partial charge in [-0.1, -0.05) is 66.2 Å². The van der Waals surface area contributed by atoms with Crippen LogP contribution in [0.1, 0.15) is 127 Å². The summed E-state index contributed by atoms with van der Waals surface area (Å²) in [6, 6.07) is 0. The zero-order chi connectivity index (χ0) is 29.9. The SMILES string of the molecule is C/C=C/C(=O)O[C@@H]1CC(C)(C)C[C@@H]2C3=CC[C@@H]4[C@@]5(C)CC[C@@H]6OC(C)(C)OC[C@@]6(C)C5CC[C@@]4(C)[C@]3(C)CC[C@]21C. The van der Waals surface area contributed by atoms with E-state index in [1.807, 2.05) is 6.92 Å². The van der Waals surface area contributed by atoms with Gasteiger partial charge in [0.05, 0.1) is 12.7 Å². The molecule has 0 spiro atoms. The van der Waals surface area contributed by atoms with Crippen LogP contribution in [0.2, 0.25) is 0 Å². The number of carbonyl (C=O) groups is 1. The van der Waals surface area contributed by atoms with Crippen LogP contribution in [0.25, 0.3) is 0 Å². The highest BCUT2D eigenvalue weighted by Crippen LogP contribution is 2.76. The molecular weight excluding hydrogens is 508 g/mol. The van der Waals surface area contributed by atoms with E-state index >= 15 is 0 Å². The third kappa shape index (κ3) is 4.15. The molecule has 230 valence electrons. The normalized spacial score (nSPS) is 51.8. The molecule has 0 aromatic heterocycles. The van der Waals surface area contributed by atoms with Crippen molar-refractivity contribution < 1.29 is 19.0 Å². The Morgan fingerprint density at radius 3 is 2.32 bits per heavy atom. The quantitative estimate of drug-likeness (QED) is 0.190. The van der Waals surface area contributed by atoms with Crippen LogP contribution in [0.5, 0.6) is 0 Å². The van der Waals surface area contributed by atoms with Crippen LogP contribution in [0.4, 0.5) is 0 Å². The Morgan fingerprint density at radius 1 is 0.878 bits per heavy atom. The highest BCUT2D eigenvalue weighted by Gasteiger charge is 2.70. The predicted octanol–water partition coefficient (Wildman–Crippen LogP) is 9.04. The lowest BCUT2D eigenvalue weighted by Gasteiger charge is -2.72. The summed E-state index contributed by atoms with van der Waals surface area (Å²) in [6.45, 7) is 24.6. The van der Waals surface area contributed by atoms with Gasteiger partial charge in [-0.15, -0.1) is 0 Å². The minimum Gasteiger partial charge on any atom is -0.459 e. The maximum atomic E-state index is 12.7. The van der Waals surface area contributed by atoms with Gasteiger partial charge in [-0.3, -0.25) is 0 Å². The van der Waals surface area contributed by atoms with Crippen LogP contribution >= 0.6 is 0 Å². The van der Waals surface area contributed by atoms with E-state index in [9.17, 15) is 4.79 Å². The van der Waals surface area contributed by atoms with Gasteiger partial charge >= 0.3 is 5.97 Å². The molecule has 1 heterocycles. The van der Waals surface area contributed by atoms with Gasteiger partial charge in [0.15, 0.2) is 5.79 Å². The van der Waals surface area contributed by atoms with Crippen molar-refractivity contribution in [2.45, 2.75) is 145 Å². The Balaban J connectivity index is 1.36. The lowest BCUT2D eigenvalue weighted by molar-refractivity contribution is -0.351. The molecule has 4 nitrogen and oxygen atoms in total. The van der Waals surface area contributed by atoms with Crippen molar-refractivity contribution >= 4 is 5.97 Å². The van der Waals surface area contributed by atoms with Crippen molar-refractivity contribution in [3.8, 4) is 0 Å². The minimum absolute atomic E-state index is 0.00246. The van der Waals surface area contributed by atoms with Gasteiger partial charge in [0.2, 0.25) is 0 Å². The van der Waals surface area contributed by atoms with Crippen molar-refractivity contribution in [1.82, 2.24) is 0 Å². The Hall–Kier alpha value is -1.13. The first-order valence-corrected chi connectivity index (χ1v) is 16.8. The molecule has 6 aliphatic rings. The molecule has 4 saturated carbocycles. The first kappa shape index (κ1) is 29.9. The van der Waals surface area contributed by atoms with E-state index in [4.69, 9.17) is 14.2 Å². The second-order valence-electron chi connectivity index (χ2n) is 17.7. The van der Waals surface area contributed by atoms with Crippen molar-refractivity contribution in [3.05, 3.63) is 23.8 Å². The molecule has 4 heteroatoms. The molecule has 0 aromatic carbocycles. The monoisotopic (exact) mass is 566 g/mol. The maximum absolute atomic E-state index is 12.7. The molecular formula is C37H58O4. The summed E-state index contributed by atoms with van der Waals surface area (Å²) in [7, 11) is 0. The maximum Gasteiger partial charge on any atom is 0.330 e. The van der Waals surface area contributed by atoms with E-state index in [0.717, 1.165) is 25.9 Å². The molecule has 0 N–H and O–H groups in total. The number of allylic oxidation sites excluding steroid dienone is 3. The zero-order valence-electron chi connectivity index (χ0n) is 27.8. The molecule has 0 radical (unpaired) electrons. The van der Waals surface area contributed by atoms with Crippen LogP contribution in [-0.2, 0) is 19.0 Å². The third-order valence-electron chi connectivity index (χ3n) is 14.5. The number of fused-ring (bicyclic) bond motifs is 9. The van der Waals surface area contributed by atoms with E-state index in [-0.39, 0.29) is 44.6 Å². The van der Waals surface area contributed by atoms with Gasteiger partial charge in [0.25, 0.3) is 0 Å². The fourth-order valence-electron chi connectivity index (χ4n) is 12.0. The van der Waals surface area contributed by atoms with Crippen molar-refractivity contribution in [2.24, 2.45) is 50.2 Å². The second-order valence-corrected chi connectivity index (χ2v) is 17.7. The number of hydrogen-bond acceptors (Lipinski definition) is 4. The number of hydrogen-bond donors (Lipinski definition) is 0. The average molecular weight is 567 g/mol. The molecule has 5 fully saturated rings. The van der Waals surface area contributed by atoms with Crippen LogP contribution in [0.15, 0.2) is 23.8 Å². The Labute approximate surface area is 250 Å². The van der Waals surface area contributed by atoms with E-state index in [1.54, 1.807) is 17.7 Å². The topological polar surface area (TPSA) is 44.8 Å². The van der Waals surface area contributed by atoms with Gasteiger partial charge in [-0.05, 0) is 118 Å². The predicted molar refractivity (Wildman–Crippen MR) is 164 cm³/mol. The molecule has 10 atom stereocenters. The lowest BCUT2D eigenvalue weighted by atomic mass is 9.33. The Morgan fingerprint density at radius 2 is 1.61 bits per heavy atom. The van der Waals surface area contributed by atoms with Gasteiger partial charge in [-0.2, -0.15) is 0 Å². The average Bonchev–Trinajstić information content (AvgIpc) is 2.86.